The number of amides is 1. The van der Waals surface area contributed by atoms with Crippen molar-refractivity contribution in [3.8, 4) is 11.3 Å². The van der Waals surface area contributed by atoms with Gasteiger partial charge in [0.1, 0.15) is 11.5 Å². The Morgan fingerprint density at radius 2 is 1.92 bits per heavy atom. The molecule has 8 nitrogen and oxygen atoms in total. The number of hydrogen-bond acceptors (Lipinski definition) is 5. The first-order valence-electron chi connectivity index (χ1n) is 13.3. The Morgan fingerprint density at radius 1 is 1.08 bits per heavy atom. The molecule has 0 radical (unpaired) electrons. The fourth-order valence-corrected chi connectivity index (χ4v) is 5.58. The van der Waals surface area contributed by atoms with E-state index in [2.05, 4.69) is 17.0 Å². The fraction of sp³-hybridized carbons (Fsp3) is 0.500. The second-order valence-corrected chi connectivity index (χ2v) is 10.3. The summed E-state index contributed by atoms with van der Waals surface area (Å²) < 4.78 is 17.0. The number of rotatable bonds is 5. The topological polar surface area (TPSA) is 91.0 Å². The molecule has 1 amide bonds. The van der Waals surface area contributed by atoms with Crippen LogP contribution >= 0.6 is 0 Å². The lowest BCUT2D eigenvalue weighted by Crippen LogP contribution is -2.38. The van der Waals surface area contributed by atoms with E-state index in [1.54, 1.807) is 22.7 Å². The van der Waals surface area contributed by atoms with Crippen molar-refractivity contribution < 1.29 is 19.1 Å². The van der Waals surface area contributed by atoms with Crippen LogP contribution in [0.1, 0.15) is 68.6 Å². The molecule has 2 fully saturated rings. The van der Waals surface area contributed by atoms with Gasteiger partial charge in [-0.05, 0) is 63.3 Å². The number of carbonyl (C=O) groups excluding carboxylic acids is 1. The largest absolute Gasteiger partial charge is 0.481 e. The van der Waals surface area contributed by atoms with Gasteiger partial charge in [0.05, 0.1) is 11.6 Å². The molecule has 5 rings (SSSR count). The minimum absolute atomic E-state index is 0.0638. The molecule has 2 saturated heterocycles. The summed E-state index contributed by atoms with van der Waals surface area (Å²) in [5.41, 5.74) is 3.22. The lowest BCUT2D eigenvalue weighted by atomic mass is 9.97. The average Bonchev–Trinajstić information content (AvgIpc) is 3.21. The maximum atomic E-state index is 15.3. The summed E-state index contributed by atoms with van der Waals surface area (Å²) >= 11 is 0. The molecule has 196 valence electrons. The third kappa shape index (κ3) is 5.04. The number of nitrogens with zero attached hydrogens (tertiary/aromatic N) is 5. The van der Waals surface area contributed by atoms with E-state index in [0.717, 1.165) is 44.3 Å². The second kappa shape index (κ2) is 10.5. The van der Waals surface area contributed by atoms with Crippen LogP contribution in [0.4, 0.5) is 10.1 Å². The van der Waals surface area contributed by atoms with Gasteiger partial charge in [0.25, 0.3) is 5.91 Å². The van der Waals surface area contributed by atoms with E-state index in [1.165, 1.54) is 6.07 Å². The number of anilines is 1. The smallest absolute Gasteiger partial charge is 0.308 e. The van der Waals surface area contributed by atoms with E-state index in [9.17, 15) is 14.7 Å². The average molecular weight is 508 g/mol. The minimum Gasteiger partial charge on any atom is -0.481 e. The maximum absolute atomic E-state index is 15.3. The lowest BCUT2D eigenvalue weighted by Gasteiger charge is -2.32. The van der Waals surface area contributed by atoms with E-state index < -0.39 is 17.7 Å². The molecular formula is C28H34FN5O3. The van der Waals surface area contributed by atoms with Gasteiger partial charge in [-0.1, -0.05) is 19.8 Å². The van der Waals surface area contributed by atoms with E-state index in [1.807, 2.05) is 22.8 Å². The number of carboxylic acid groups (broad SMARTS) is 1. The highest BCUT2D eigenvalue weighted by molar-refractivity contribution is 5.93. The molecule has 1 aromatic carbocycles. The Balaban J connectivity index is 1.45. The minimum atomic E-state index is -0.811. The van der Waals surface area contributed by atoms with E-state index in [-0.39, 0.29) is 11.9 Å². The zero-order valence-corrected chi connectivity index (χ0v) is 21.5. The van der Waals surface area contributed by atoms with Crippen LogP contribution in [0.25, 0.3) is 16.9 Å². The van der Waals surface area contributed by atoms with Crippen LogP contribution in [-0.4, -0.2) is 62.2 Å². The Kier molecular flexibility index (Phi) is 7.13. The molecule has 0 bridgehead atoms. The van der Waals surface area contributed by atoms with Crippen molar-refractivity contribution in [3.63, 3.8) is 0 Å². The van der Waals surface area contributed by atoms with Crippen LogP contribution in [0, 0.1) is 11.7 Å². The summed E-state index contributed by atoms with van der Waals surface area (Å²) in [6.45, 7) is 5.90. The maximum Gasteiger partial charge on any atom is 0.308 e. The van der Waals surface area contributed by atoms with Gasteiger partial charge in [0, 0.05) is 48.7 Å². The normalized spacial score (nSPS) is 20.7. The van der Waals surface area contributed by atoms with Gasteiger partial charge in [0.2, 0.25) is 0 Å². The van der Waals surface area contributed by atoms with Crippen molar-refractivity contribution in [1.82, 2.24) is 19.5 Å². The highest BCUT2D eigenvalue weighted by Crippen LogP contribution is 2.30. The zero-order chi connectivity index (χ0) is 26.1. The molecule has 2 aliphatic heterocycles. The molecule has 1 N–H and O–H groups in total. The summed E-state index contributed by atoms with van der Waals surface area (Å²) in [5, 5.41) is 14.0. The van der Waals surface area contributed by atoms with E-state index >= 15 is 4.39 Å². The van der Waals surface area contributed by atoms with Gasteiger partial charge < -0.3 is 14.9 Å². The number of fused-ring (bicyclic) bond motifs is 1. The number of hydrogen-bond donors (Lipinski definition) is 1. The van der Waals surface area contributed by atoms with Crippen molar-refractivity contribution in [2.75, 3.05) is 24.5 Å². The molecule has 2 aromatic heterocycles. The number of halogens is 1. The first-order chi connectivity index (χ1) is 17.9. The van der Waals surface area contributed by atoms with Crippen molar-refractivity contribution in [2.24, 2.45) is 5.92 Å². The van der Waals surface area contributed by atoms with E-state index in [4.69, 9.17) is 0 Å². The number of carboxylic acids is 1. The standard InChI is InChI=1S/C28H34FN5O3/c1-3-20-15-25(27(35)33-13-6-4-5-8-18(33)2)30-26-16-24(31-34(20)26)22-11-10-21(14-23(22)29)32-12-7-9-19(17-32)28(36)37/h10-11,14-16,18-19H,3-9,12-13,17H2,1-2H3,(H,36,37)/t18-,19?/m1/s1. The lowest BCUT2D eigenvalue weighted by molar-refractivity contribution is -0.141. The number of benzene rings is 1. The van der Waals surface area contributed by atoms with Crippen LogP contribution in [0.15, 0.2) is 30.3 Å². The number of carbonyl (C=O) groups is 2. The van der Waals surface area contributed by atoms with Crippen LogP contribution in [-0.2, 0) is 11.2 Å². The third-order valence-electron chi connectivity index (χ3n) is 7.76. The van der Waals surface area contributed by atoms with E-state index in [0.29, 0.717) is 54.2 Å². The van der Waals surface area contributed by atoms with Crippen LogP contribution in [0.5, 0.6) is 0 Å². The van der Waals surface area contributed by atoms with Crippen LogP contribution in [0.3, 0.4) is 0 Å². The first kappa shape index (κ1) is 25.2. The van der Waals surface area contributed by atoms with Gasteiger partial charge in [-0.2, -0.15) is 5.10 Å². The van der Waals surface area contributed by atoms with Gasteiger partial charge in [-0.15, -0.1) is 0 Å². The van der Waals surface area contributed by atoms with Crippen LogP contribution in [0.2, 0.25) is 0 Å². The van der Waals surface area contributed by atoms with Gasteiger partial charge >= 0.3 is 5.97 Å². The molecule has 0 saturated carbocycles. The summed E-state index contributed by atoms with van der Waals surface area (Å²) in [6.07, 6.45) is 6.31. The van der Waals surface area contributed by atoms with Crippen molar-refractivity contribution in [3.05, 3.63) is 47.5 Å². The first-order valence-corrected chi connectivity index (χ1v) is 13.3. The Hall–Kier alpha value is -3.49. The quantitative estimate of drug-likeness (QED) is 0.533. The molecule has 1 unspecified atom stereocenters. The molecule has 37 heavy (non-hydrogen) atoms. The summed E-state index contributed by atoms with van der Waals surface area (Å²) in [7, 11) is 0. The molecule has 2 aliphatic rings. The molecule has 3 aromatic rings. The molecule has 9 heteroatoms. The molecular weight excluding hydrogens is 473 g/mol. The van der Waals surface area contributed by atoms with Crippen molar-refractivity contribution >= 4 is 23.2 Å². The summed E-state index contributed by atoms with van der Waals surface area (Å²) in [4.78, 5) is 33.3. The predicted octanol–water partition coefficient (Wildman–Crippen LogP) is 4.80. The SMILES string of the molecule is CCc1cc(C(=O)N2CCCCC[C@H]2C)nc2cc(-c3ccc(N4CCCC(C(=O)O)C4)cc3F)nn12. The second-order valence-electron chi connectivity index (χ2n) is 10.3. The highest BCUT2D eigenvalue weighted by atomic mass is 19.1. The third-order valence-corrected chi connectivity index (χ3v) is 7.76. The number of aliphatic carboxylic acids is 1. The predicted molar refractivity (Wildman–Crippen MR) is 139 cm³/mol. The zero-order valence-electron chi connectivity index (χ0n) is 21.5. The molecule has 4 heterocycles. The molecule has 2 atom stereocenters. The monoisotopic (exact) mass is 507 g/mol. The molecule has 0 spiro atoms. The summed E-state index contributed by atoms with van der Waals surface area (Å²) in [6, 6.07) is 8.66. The van der Waals surface area contributed by atoms with Gasteiger partial charge in [0.15, 0.2) is 5.65 Å². The number of aryl methyl sites for hydroxylation is 1. The van der Waals surface area contributed by atoms with Crippen molar-refractivity contribution in [1.29, 1.82) is 0 Å². The van der Waals surface area contributed by atoms with Crippen LogP contribution < -0.4 is 4.90 Å². The summed E-state index contributed by atoms with van der Waals surface area (Å²) in [5.74, 6) is -1.74. The highest BCUT2D eigenvalue weighted by Gasteiger charge is 2.27. The Bertz CT molecular complexity index is 1320. The molecule has 0 aliphatic carbocycles. The Labute approximate surface area is 216 Å². The number of aromatic nitrogens is 3. The fourth-order valence-electron chi connectivity index (χ4n) is 5.58. The number of likely N-dealkylation sites (tertiary alicyclic amines) is 1. The van der Waals surface area contributed by atoms with Crippen molar-refractivity contribution in [2.45, 2.75) is 64.8 Å². The Morgan fingerprint density at radius 3 is 2.68 bits per heavy atom. The van der Waals surface area contributed by atoms with Gasteiger partial charge in [-0.3, -0.25) is 9.59 Å². The number of piperidine rings is 1. The van der Waals surface area contributed by atoms with Gasteiger partial charge in [-0.25, -0.2) is 13.9 Å².